The number of hydrogen-bond donors (Lipinski definition) is 0. The lowest BCUT2D eigenvalue weighted by Gasteiger charge is -2.32. The second kappa shape index (κ2) is 12.3. The second-order valence-corrected chi connectivity index (χ2v) is 6.76. The van der Waals surface area contributed by atoms with Crippen LogP contribution >= 0.6 is 0 Å². The van der Waals surface area contributed by atoms with E-state index in [-0.39, 0.29) is 11.9 Å². The topological polar surface area (TPSA) is 35.5 Å². The van der Waals surface area contributed by atoms with Gasteiger partial charge in [0.05, 0.1) is 24.9 Å². The molecule has 1 saturated heterocycles. The van der Waals surface area contributed by atoms with Gasteiger partial charge < -0.3 is 9.47 Å². The van der Waals surface area contributed by atoms with Crippen LogP contribution in [0.15, 0.2) is 55.1 Å². The van der Waals surface area contributed by atoms with Crippen LogP contribution in [0.4, 0.5) is 0 Å². The van der Waals surface area contributed by atoms with Crippen LogP contribution in [-0.2, 0) is 9.47 Å². The highest BCUT2D eigenvalue weighted by atomic mass is 16.5. The molecule has 1 aromatic rings. The summed E-state index contributed by atoms with van der Waals surface area (Å²) < 4.78 is 11.2. The van der Waals surface area contributed by atoms with Gasteiger partial charge in [0.2, 0.25) is 0 Å². The first-order valence-electron chi connectivity index (χ1n) is 9.86. The molecule has 27 heavy (non-hydrogen) atoms. The van der Waals surface area contributed by atoms with Gasteiger partial charge in [0.25, 0.3) is 0 Å². The maximum Gasteiger partial charge on any atom is 0.338 e. The van der Waals surface area contributed by atoms with E-state index in [4.69, 9.17) is 9.47 Å². The molecule has 1 aliphatic heterocycles. The van der Waals surface area contributed by atoms with Crippen LogP contribution in [0.2, 0.25) is 0 Å². The molecule has 3 atom stereocenters. The van der Waals surface area contributed by atoms with E-state index in [1.54, 1.807) is 6.08 Å². The van der Waals surface area contributed by atoms with E-state index in [1.807, 2.05) is 63.3 Å². The quantitative estimate of drug-likeness (QED) is 0.450. The Morgan fingerprint density at radius 3 is 2.41 bits per heavy atom. The van der Waals surface area contributed by atoms with Gasteiger partial charge in [-0.15, -0.1) is 0 Å². The summed E-state index contributed by atoms with van der Waals surface area (Å²) in [5, 5.41) is 0. The van der Waals surface area contributed by atoms with Crippen molar-refractivity contribution < 1.29 is 14.3 Å². The van der Waals surface area contributed by atoms with Gasteiger partial charge in [0.1, 0.15) is 0 Å². The van der Waals surface area contributed by atoms with Crippen LogP contribution < -0.4 is 0 Å². The molecule has 0 spiro atoms. The Kier molecular flexibility index (Phi) is 10.4. The summed E-state index contributed by atoms with van der Waals surface area (Å²) in [7, 11) is 0. The average molecular weight is 371 g/mol. The Morgan fingerprint density at radius 2 is 1.81 bits per heavy atom. The molecule has 1 heterocycles. The highest BCUT2D eigenvalue weighted by molar-refractivity contribution is 5.89. The highest BCUT2D eigenvalue weighted by Gasteiger charge is 2.27. The van der Waals surface area contributed by atoms with Crippen LogP contribution in [-0.4, -0.2) is 25.3 Å². The molecule has 148 valence electrons. The Bertz CT molecular complexity index is 640. The zero-order chi connectivity index (χ0) is 20.2. The van der Waals surface area contributed by atoms with Crippen molar-refractivity contribution in [3.63, 3.8) is 0 Å². The van der Waals surface area contributed by atoms with Crippen LogP contribution in [0.5, 0.6) is 0 Å². The molecule has 0 bridgehead atoms. The fraction of sp³-hybridized carbons (Fsp3) is 0.458. The Morgan fingerprint density at radius 1 is 1.19 bits per heavy atom. The molecule has 1 aromatic carbocycles. The van der Waals surface area contributed by atoms with Gasteiger partial charge in [-0.25, -0.2) is 4.79 Å². The van der Waals surface area contributed by atoms with Crippen molar-refractivity contribution in [1.82, 2.24) is 0 Å². The summed E-state index contributed by atoms with van der Waals surface area (Å²) in [5.74, 6) is 0.516. The largest absolute Gasteiger partial charge is 0.462 e. The second-order valence-electron chi connectivity index (χ2n) is 6.76. The van der Waals surface area contributed by atoms with Crippen molar-refractivity contribution in [3.05, 3.63) is 66.3 Å². The van der Waals surface area contributed by atoms with Crippen LogP contribution in [0.1, 0.15) is 57.0 Å². The minimum Gasteiger partial charge on any atom is -0.462 e. The number of benzene rings is 1. The van der Waals surface area contributed by atoms with Gasteiger partial charge in [-0.1, -0.05) is 63.8 Å². The lowest BCUT2D eigenvalue weighted by Crippen LogP contribution is -2.34. The number of esters is 1. The van der Waals surface area contributed by atoms with E-state index in [9.17, 15) is 4.79 Å². The molecule has 0 aromatic heterocycles. The standard InChI is InChI=1S/C22H28O3.C2H6/c1-5-6-7-8-16(2)19-9-11-20(12-10-19)22(23)25-15-21-14-24-18(4)13-17(21)3;1-2/h5-12,17-18,21H,1,13-15H2,2-4H3;1-2H3/b7-6-,16-8+;/t17?,18-,21+;/m0./s1. The van der Waals surface area contributed by atoms with Crippen molar-refractivity contribution in [2.45, 2.75) is 47.1 Å². The molecule has 0 aliphatic carbocycles. The summed E-state index contributed by atoms with van der Waals surface area (Å²) >= 11 is 0. The predicted octanol–water partition coefficient (Wildman–Crippen LogP) is 6.08. The molecule has 1 aliphatic rings. The van der Waals surface area contributed by atoms with Crippen molar-refractivity contribution in [2.24, 2.45) is 11.8 Å². The van der Waals surface area contributed by atoms with E-state index in [0.29, 0.717) is 30.8 Å². The minimum atomic E-state index is -0.273. The monoisotopic (exact) mass is 370 g/mol. The number of carbonyl (C=O) groups excluding carboxylic acids is 1. The maximum atomic E-state index is 12.3. The van der Waals surface area contributed by atoms with Crippen LogP contribution in [0, 0.1) is 11.8 Å². The van der Waals surface area contributed by atoms with Crippen molar-refractivity contribution in [2.75, 3.05) is 13.2 Å². The lowest BCUT2D eigenvalue weighted by atomic mass is 9.88. The molecule has 1 fully saturated rings. The highest BCUT2D eigenvalue weighted by Crippen LogP contribution is 2.25. The molecular weight excluding hydrogens is 336 g/mol. The molecule has 0 radical (unpaired) electrons. The fourth-order valence-corrected chi connectivity index (χ4v) is 2.96. The SMILES string of the molecule is C=C/C=C\C=C(/C)c1ccc(C(=O)OC[C@H]2CO[C@@H](C)CC2C)cc1.CC. The number of hydrogen-bond acceptors (Lipinski definition) is 3. The van der Waals surface area contributed by atoms with Crippen molar-refractivity contribution >= 4 is 11.5 Å². The molecule has 3 nitrogen and oxygen atoms in total. The molecule has 0 saturated carbocycles. The van der Waals surface area contributed by atoms with Gasteiger partial charge >= 0.3 is 5.97 Å². The molecule has 3 heteroatoms. The Balaban J connectivity index is 0.00000176. The van der Waals surface area contributed by atoms with E-state index >= 15 is 0 Å². The first kappa shape index (κ1) is 22.9. The molecule has 2 rings (SSSR count). The smallest absolute Gasteiger partial charge is 0.338 e. The van der Waals surface area contributed by atoms with Gasteiger partial charge in [0, 0.05) is 5.92 Å². The molecule has 1 unspecified atom stereocenters. The zero-order valence-electron chi connectivity index (χ0n) is 17.4. The van der Waals surface area contributed by atoms with Crippen molar-refractivity contribution in [1.29, 1.82) is 0 Å². The van der Waals surface area contributed by atoms with Gasteiger partial charge in [0.15, 0.2) is 0 Å². The third-order valence-electron chi connectivity index (χ3n) is 4.70. The predicted molar refractivity (Wildman–Crippen MR) is 114 cm³/mol. The molecular formula is C24H34O3. The van der Waals surface area contributed by atoms with E-state index in [0.717, 1.165) is 17.6 Å². The van der Waals surface area contributed by atoms with Crippen molar-refractivity contribution in [3.8, 4) is 0 Å². The Labute approximate surface area is 164 Å². The summed E-state index contributed by atoms with van der Waals surface area (Å²) in [5.41, 5.74) is 2.78. The zero-order valence-corrected chi connectivity index (χ0v) is 17.4. The normalized spacial score (nSPS) is 22.7. The van der Waals surface area contributed by atoms with E-state index in [2.05, 4.69) is 20.4 Å². The lowest BCUT2D eigenvalue weighted by molar-refractivity contribution is -0.0525. The summed E-state index contributed by atoms with van der Waals surface area (Å²) in [4.78, 5) is 12.3. The average Bonchev–Trinajstić information content (AvgIpc) is 2.69. The Hall–Kier alpha value is -2.13. The first-order valence-corrected chi connectivity index (χ1v) is 9.86. The van der Waals surface area contributed by atoms with E-state index < -0.39 is 0 Å². The third kappa shape index (κ3) is 7.56. The summed E-state index contributed by atoms with van der Waals surface area (Å²) in [6, 6.07) is 7.51. The fourth-order valence-electron chi connectivity index (χ4n) is 2.96. The van der Waals surface area contributed by atoms with Crippen LogP contribution in [0.25, 0.3) is 5.57 Å². The summed E-state index contributed by atoms with van der Waals surface area (Å²) in [6.07, 6.45) is 8.89. The minimum absolute atomic E-state index is 0.273. The van der Waals surface area contributed by atoms with Gasteiger partial charge in [-0.05, 0) is 49.5 Å². The third-order valence-corrected chi connectivity index (χ3v) is 4.70. The van der Waals surface area contributed by atoms with E-state index in [1.165, 1.54) is 0 Å². The number of rotatable bonds is 6. The van der Waals surface area contributed by atoms with Crippen LogP contribution in [0.3, 0.4) is 0 Å². The molecule has 0 amide bonds. The molecule has 0 N–H and O–H groups in total. The first-order chi connectivity index (χ1) is 13.0. The summed E-state index contributed by atoms with van der Waals surface area (Å²) in [6.45, 7) is 15.0. The number of ether oxygens (including phenoxy) is 2. The van der Waals surface area contributed by atoms with Gasteiger partial charge in [-0.2, -0.15) is 0 Å². The number of carbonyl (C=O) groups is 1. The maximum absolute atomic E-state index is 12.3. The number of allylic oxidation sites excluding steroid dienone is 5. The van der Waals surface area contributed by atoms with Gasteiger partial charge in [-0.3, -0.25) is 0 Å².